The van der Waals surface area contributed by atoms with E-state index in [2.05, 4.69) is 9.97 Å². The van der Waals surface area contributed by atoms with Gasteiger partial charge in [0.05, 0.1) is 4.90 Å². The van der Waals surface area contributed by atoms with Crippen LogP contribution in [0.3, 0.4) is 0 Å². The maximum atomic E-state index is 13.3. The number of nitrogens with one attached hydrogen (secondary N) is 1. The zero-order chi connectivity index (χ0) is 21.1. The van der Waals surface area contributed by atoms with Gasteiger partial charge >= 0.3 is 0 Å². The van der Waals surface area contributed by atoms with Crippen LogP contribution < -0.4 is 0 Å². The number of H-pyrrole nitrogens is 1. The fourth-order valence-corrected chi connectivity index (χ4v) is 5.30. The fraction of sp³-hybridized carbons (Fsp3) is 0.0435. The molecule has 3 aromatic carbocycles. The third-order valence-electron chi connectivity index (χ3n) is 4.49. The highest BCUT2D eigenvalue weighted by molar-refractivity contribution is 8.14. The highest BCUT2D eigenvalue weighted by Crippen LogP contribution is 2.33. The summed E-state index contributed by atoms with van der Waals surface area (Å²) in [5, 5.41) is -0.230. The first-order valence-corrected chi connectivity index (χ1v) is 11.5. The van der Waals surface area contributed by atoms with Crippen LogP contribution in [0.1, 0.15) is 15.9 Å². The van der Waals surface area contributed by atoms with Gasteiger partial charge in [-0.15, -0.1) is 0 Å². The number of carbonyl (C=O) groups is 1. The molecule has 0 radical (unpaired) electrons. The monoisotopic (exact) mass is 434 g/mol. The Labute approximate surface area is 179 Å². The van der Waals surface area contributed by atoms with E-state index in [-0.39, 0.29) is 20.1 Å². The summed E-state index contributed by atoms with van der Waals surface area (Å²) in [5.41, 5.74) is 2.25. The second-order valence-corrected chi connectivity index (χ2v) is 9.51. The molecule has 1 N–H and O–H groups in total. The average molecular weight is 435 g/mol. The molecule has 0 bridgehead atoms. The minimum absolute atomic E-state index is 0.0852. The molecule has 0 amide bonds. The van der Waals surface area contributed by atoms with Gasteiger partial charge in [-0.1, -0.05) is 78.4 Å². The zero-order valence-corrected chi connectivity index (χ0v) is 17.7. The summed E-state index contributed by atoms with van der Waals surface area (Å²) in [5.74, 6) is 0.393. The fourth-order valence-electron chi connectivity index (χ4n) is 2.88. The summed E-state index contributed by atoms with van der Waals surface area (Å²) < 4.78 is 26.5. The van der Waals surface area contributed by atoms with Gasteiger partial charge in [0.25, 0.3) is 0 Å². The zero-order valence-electron chi connectivity index (χ0n) is 16.1. The molecule has 0 aliphatic heterocycles. The third-order valence-corrected chi connectivity index (χ3v) is 7.25. The van der Waals surface area contributed by atoms with Crippen LogP contribution in [0.15, 0.2) is 99.9 Å². The van der Waals surface area contributed by atoms with Crippen molar-refractivity contribution in [2.75, 3.05) is 0 Å². The summed E-state index contributed by atoms with van der Waals surface area (Å²) in [6, 6.07) is 24.4. The predicted molar refractivity (Wildman–Crippen MR) is 117 cm³/mol. The average Bonchev–Trinajstić information content (AvgIpc) is 3.20. The first kappa shape index (κ1) is 20.1. The van der Waals surface area contributed by atoms with Gasteiger partial charge < -0.3 is 4.98 Å². The molecule has 1 heterocycles. The lowest BCUT2D eigenvalue weighted by atomic mass is 10.2. The number of hydrogen-bond donors (Lipinski definition) is 1. The number of sulfone groups is 1. The van der Waals surface area contributed by atoms with Crippen molar-refractivity contribution in [2.24, 2.45) is 0 Å². The maximum absolute atomic E-state index is 13.3. The molecule has 0 aliphatic carbocycles. The molecular weight excluding hydrogens is 416 g/mol. The first-order valence-electron chi connectivity index (χ1n) is 9.19. The van der Waals surface area contributed by atoms with Crippen LogP contribution in [-0.4, -0.2) is 23.5 Å². The lowest BCUT2D eigenvalue weighted by Crippen LogP contribution is -2.05. The van der Waals surface area contributed by atoms with Crippen LogP contribution in [0.4, 0.5) is 0 Å². The Kier molecular flexibility index (Phi) is 5.57. The minimum Gasteiger partial charge on any atom is -0.328 e. The Morgan fingerprint density at radius 1 is 0.867 bits per heavy atom. The number of thioether (sulfide) groups is 1. The van der Waals surface area contributed by atoms with Gasteiger partial charge in [-0.05, 0) is 30.8 Å². The van der Waals surface area contributed by atoms with Gasteiger partial charge in [-0.25, -0.2) is 13.4 Å². The number of aryl methyl sites for hydroxylation is 1. The van der Waals surface area contributed by atoms with Crippen LogP contribution in [0.25, 0.3) is 11.4 Å². The molecule has 150 valence electrons. The molecule has 4 aromatic rings. The molecule has 0 saturated carbocycles. The Hall–Kier alpha value is -3.16. The molecule has 1 aromatic heterocycles. The number of nitrogens with zero attached hydrogens (tertiary/aromatic N) is 1. The van der Waals surface area contributed by atoms with Gasteiger partial charge in [0.15, 0.2) is 5.03 Å². The minimum atomic E-state index is -3.88. The van der Waals surface area contributed by atoms with E-state index < -0.39 is 9.84 Å². The van der Waals surface area contributed by atoms with Crippen LogP contribution in [0.5, 0.6) is 0 Å². The van der Waals surface area contributed by atoms with Crippen LogP contribution >= 0.6 is 11.8 Å². The van der Waals surface area contributed by atoms with Crippen LogP contribution in [-0.2, 0) is 9.84 Å². The molecule has 0 unspecified atom stereocenters. The quantitative estimate of drug-likeness (QED) is 0.439. The Morgan fingerprint density at radius 2 is 1.47 bits per heavy atom. The smallest absolute Gasteiger partial charge is 0.225 e. The molecule has 4 rings (SSSR count). The number of carbonyl (C=O) groups excluding carboxylic acids is 1. The second kappa shape index (κ2) is 8.30. The lowest BCUT2D eigenvalue weighted by Gasteiger charge is -2.05. The molecule has 0 atom stereocenters. The summed E-state index contributed by atoms with van der Waals surface area (Å²) in [7, 11) is -3.88. The molecule has 0 fully saturated rings. The van der Waals surface area contributed by atoms with Gasteiger partial charge in [0.1, 0.15) is 10.9 Å². The molecule has 30 heavy (non-hydrogen) atoms. The van der Waals surface area contributed by atoms with Crippen molar-refractivity contribution in [2.45, 2.75) is 21.9 Å². The van der Waals surface area contributed by atoms with E-state index in [0.717, 1.165) is 22.9 Å². The number of rotatable bonds is 5. The standard InChI is InChI=1S/C23H18N2O3S2/c1-16-12-14-18(15-13-16)23(26)29-21-22(30(27,28)19-10-6-3-7-11-19)25-20(24-21)17-8-4-2-5-9-17/h2-15H,1H3,(H,24,25). The summed E-state index contributed by atoms with van der Waals surface area (Å²) in [6.07, 6.45) is 0. The molecule has 0 spiro atoms. The molecule has 0 saturated heterocycles. The Balaban J connectivity index is 1.79. The molecule has 0 aliphatic rings. The number of aromatic amines is 1. The molecule has 7 heteroatoms. The lowest BCUT2D eigenvalue weighted by molar-refractivity contribution is 0.108. The van der Waals surface area contributed by atoms with E-state index in [4.69, 9.17) is 0 Å². The van der Waals surface area contributed by atoms with E-state index in [0.29, 0.717) is 11.4 Å². The van der Waals surface area contributed by atoms with Crippen molar-refractivity contribution in [1.82, 2.24) is 9.97 Å². The summed E-state index contributed by atoms with van der Waals surface area (Å²) in [6.45, 7) is 1.94. The van der Waals surface area contributed by atoms with E-state index in [1.165, 1.54) is 12.1 Å². The Bertz CT molecular complexity index is 1280. The number of benzene rings is 3. The highest BCUT2D eigenvalue weighted by Gasteiger charge is 2.28. The van der Waals surface area contributed by atoms with Gasteiger partial charge in [-0.3, -0.25) is 4.79 Å². The van der Waals surface area contributed by atoms with Crippen molar-refractivity contribution < 1.29 is 13.2 Å². The summed E-state index contributed by atoms with van der Waals surface area (Å²) in [4.78, 5) is 20.3. The van der Waals surface area contributed by atoms with E-state index >= 15 is 0 Å². The third kappa shape index (κ3) is 4.08. The molecule has 5 nitrogen and oxygen atoms in total. The van der Waals surface area contributed by atoms with Gasteiger partial charge in [-0.2, -0.15) is 0 Å². The van der Waals surface area contributed by atoms with E-state index in [1.807, 2.05) is 49.4 Å². The van der Waals surface area contributed by atoms with Crippen LogP contribution in [0.2, 0.25) is 0 Å². The van der Waals surface area contributed by atoms with Crippen molar-refractivity contribution >= 4 is 26.7 Å². The van der Waals surface area contributed by atoms with E-state index in [9.17, 15) is 13.2 Å². The highest BCUT2D eigenvalue weighted by atomic mass is 32.2. The summed E-state index contributed by atoms with van der Waals surface area (Å²) >= 11 is 0.806. The number of hydrogen-bond acceptors (Lipinski definition) is 5. The molecular formula is C23H18N2O3S2. The SMILES string of the molecule is Cc1ccc(C(=O)Sc2nc(-c3ccccc3)[nH]c2S(=O)(=O)c2ccccc2)cc1. The number of imidazole rings is 1. The van der Waals surface area contributed by atoms with Crippen molar-refractivity contribution in [3.8, 4) is 11.4 Å². The van der Waals surface area contributed by atoms with Crippen molar-refractivity contribution in [1.29, 1.82) is 0 Å². The first-order chi connectivity index (χ1) is 14.4. The van der Waals surface area contributed by atoms with E-state index in [1.54, 1.807) is 30.3 Å². The normalized spacial score (nSPS) is 11.4. The topological polar surface area (TPSA) is 79.9 Å². The number of aromatic nitrogens is 2. The van der Waals surface area contributed by atoms with Crippen LogP contribution in [0, 0.1) is 6.92 Å². The maximum Gasteiger partial charge on any atom is 0.225 e. The van der Waals surface area contributed by atoms with Gasteiger partial charge in [0.2, 0.25) is 15.0 Å². The van der Waals surface area contributed by atoms with Gasteiger partial charge in [0, 0.05) is 11.1 Å². The van der Waals surface area contributed by atoms with Crippen molar-refractivity contribution in [3.05, 3.63) is 96.1 Å². The second-order valence-electron chi connectivity index (χ2n) is 6.66. The largest absolute Gasteiger partial charge is 0.328 e. The van der Waals surface area contributed by atoms with Crippen molar-refractivity contribution in [3.63, 3.8) is 0 Å². The predicted octanol–water partition coefficient (Wildman–Crippen LogP) is 5.15. The Morgan fingerprint density at radius 3 is 2.10 bits per heavy atom.